The van der Waals surface area contributed by atoms with Crippen LogP contribution in [0.5, 0.6) is 11.6 Å². The molecule has 3 nitrogen and oxygen atoms in total. The smallest absolute Gasteiger partial charge is 0.217 e. The minimum atomic E-state index is 0.588. The molecular weight excluding hydrogens is 202 g/mol. The molecule has 1 aromatic heterocycles. The lowest BCUT2D eigenvalue weighted by Crippen LogP contribution is -1.95. The molecule has 0 unspecified atom stereocenters. The van der Waals surface area contributed by atoms with E-state index in [1.807, 2.05) is 18.2 Å². The zero-order valence-electron chi connectivity index (χ0n) is 9.78. The molecule has 2 rings (SSSR count). The first-order chi connectivity index (χ1) is 7.80. The fraction of sp³-hybridized carbons (Fsp3) is 0.308. The summed E-state index contributed by atoms with van der Waals surface area (Å²) in [5.74, 6) is 1.39. The standard InChI is InChI=1S/C13H15NO2/c1-4-9-6-5-7-10-11(15-2)8-12(16-3)14-13(9)10/h5-8H,4H2,1-3H3. The van der Waals surface area contributed by atoms with Crippen molar-refractivity contribution < 1.29 is 9.47 Å². The molecule has 0 fully saturated rings. The number of ether oxygens (including phenoxy) is 2. The van der Waals surface area contributed by atoms with E-state index in [1.165, 1.54) is 5.56 Å². The number of nitrogens with zero attached hydrogens (tertiary/aromatic N) is 1. The molecule has 1 heterocycles. The normalized spacial score (nSPS) is 10.4. The van der Waals surface area contributed by atoms with Crippen LogP contribution in [0.15, 0.2) is 24.3 Å². The van der Waals surface area contributed by atoms with Crippen molar-refractivity contribution in [3.05, 3.63) is 29.8 Å². The van der Waals surface area contributed by atoms with E-state index in [1.54, 1.807) is 14.2 Å². The van der Waals surface area contributed by atoms with Crippen molar-refractivity contribution in [1.29, 1.82) is 0 Å². The van der Waals surface area contributed by atoms with Crippen molar-refractivity contribution >= 4 is 10.9 Å². The molecule has 0 aliphatic carbocycles. The summed E-state index contributed by atoms with van der Waals surface area (Å²) in [5.41, 5.74) is 2.16. The van der Waals surface area contributed by atoms with Crippen molar-refractivity contribution in [3.8, 4) is 11.6 Å². The maximum atomic E-state index is 5.35. The monoisotopic (exact) mass is 217 g/mol. The van der Waals surface area contributed by atoms with Crippen molar-refractivity contribution in [2.24, 2.45) is 0 Å². The second-order valence-corrected chi connectivity index (χ2v) is 3.53. The van der Waals surface area contributed by atoms with Gasteiger partial charge in [0.1, 0.15) is 5.75 Å². The Kier molecular flexibility index (Phi) is 2.95. The number of aryl methyl sites for hydroxylation is 1. The van der Waals surface area contributed by atoms with Crippen LogP contribution in [-0.2, 0) is 6.42 Å². The van der Waals surface area contributed by atoms with Gasteiger partial charge in [0.15, 0.2) is 0 Å². The Morgan fingerprint density at radius 2 is 2.00 bits per heavy atom. The first kappa shape index (κ1) is 10.7. The Labute approximate surface area is 95.0 Å². The number of benzene rings is 1. The van der Waals surface area contributed by atoms with Crippen LogP contribution in [0.25, 0.3) is 10.9 Å². The first-order valence-electron chi connectivity index (χ1n) is 5.30. The SMILES string of the molecule is CCc1cccc2c(OC)cc(OC)nc12. The van der Waals surface area contributed by atoms with Crippen LogP contribution in [0, 0.1) is 0 Å². The van der Waals surface area contributed by atoms with Gasteiger partial charge in [-0.1, -0.05) is 19.1 Å². The summed E-state index contributed by atoms with van der Waals surface area (Å²) in [4.78, 5) is 4.47. The lowest BCUT2D eigenvalue weighted by molar-refractivity contribution is 0.386. The maximum absolute atomic E-state index is 5.35. The summed E-state index contributed by atoms with van der Waals surface area (Å²) >= 11 is 0. The van der Waals surface area contributed by atoms with Gasteiger partial charge in [-0.2, -0.15) is 0 Å². The van der Waals surface area contributed by atoms with Crippen molar-refractivity contribution in [3.63, 3.8) is 0 Å². The molecule has 0 spiro atoms. The van der Waals surface area contributed by atoms with Crippen LogP contribution >= 0.6 is 0 Å². The molecule has 0 N–H and O–H groups in total. The molecule has 1 aromatic carbocycles. The van der Waals surface area contributed by atoms with E-state index in [-0.39, 0.29) is 0 Å². The number of aromatic nitrogens is 1. The van der Waals surface area contributed by atoms with Crippen molar-refractivity contribution in [1.82, 2.24) is 4.98 Å². The van der Waals surface area contributed by atoms with E-state index in [0.717, 1.165) is 23.1 Å². The third kappa shape index (κ3) is 1.69. The quantitative estimate of drug-likeness (QED) is 0.792. The molecule has 0 atom stereocenters. The second kappa shape index (κ2) is 4.39. The number of methoxy groups -OCH3 is 2. The van der Waals surface area contributed by atoms with Gasteiger partial charge >= 0.3 is 0 Å². The Balaban J connectivity index is 2.78. The number of hydrogen-bond acceptors (Lipinski definition) is 3. The second-order valence-electron chi connectivity index (χ2n) is 3.53. The Morgan fingerprint density at radius 1 is 1.19 bits per heavy atom. The minimum Gasteiger partial charge on any atom is -0.496 e. The van der Waals surface area contributed by atoms with Gasteiger partial charge in [0, 0.05) is 11.5 Å². The van der Waals surface area contributed by atoms with Gasteiger partial charge in [0.05, 0.1) is 19.7 Å². The molecule has 16 heavy (non-hydrogen) atoms. The van der Waals surface area contributed by atoms with Crippen molar-refractivity contribution in [2.75, 3.05) is 14.2 Å². The molecular formula is C13H15NO2. The van der Waals surface area contributed by atoms with E-state index in [4.69, 9.17) is 9.47 Å². The van der Waals surface area contributed by atoms with Crippen LogP contribution in [0.1, 0.15) is 12.5 Å². The first-order valence-corrected chi connectivity index (χ1v) is 5.30. The number of para-hydroxylation sites is 1. The molecule has 3 heteroatoms. The number of hydrogen-bond donors (Lipinski definition) is 0. The largest absolute Gasteiger partial charge is 0.496 e. The van der Waals surface area contributed by atoms with E-state index < -0.39 is 0 Å². The predicted molar refractivity (Wildman–Crippen MR) is 64.2 cm³/mol. The van der Waals surface area contributed by atoms with Gasteiger partial charge in [0.2, 0.25) is 5.88 Å². The summed E-state index contributed by atoms with van der Waals surface area (Å²) in [6.45, 7) is 2.11. The minimum absolute atomic E-state index is 0.588. The molecule has 0 aliphatic rings. The summed E-state index contributed by atoms with van der Waals surface area (Å²) < 4.78 is 10.5. The summed E-state index contributed by atoms with van der Waals surface area (Å²) in [7, 11) is 3.27. The van der Waals surface area contributed by atoms with E-state index >= 15 is 0 Å². The Morgan fingerprint density at radius 3 is 2.62 bits per heavy atom. The van der Waals surface area contributed by atoms with Gasteiger partial charge in [-0.3, -0.25) is 0 Å². The molecule has 0 bridgehead atoms. The van der Waals surface area contributed by atoms with Gasteiger partial charge in [0.25, 0.3) is 0 Å². The Bertz CT molecular complexity index is 509. The fourth-order valence-electron chi connectivity index (χ4n) is 1.81. The lowest BCUT2D eigenvalue weighted by atomic mass is 10.1. The molecule has 0 saturated heterocycles. The molecule has 2 aromatic rings. The highest BCUT2D eigenvalue weighted by atomic mass is 16.5. The third-order valence-electron chi connectivity index (χ3n) is 2.67. The average molecular weight is 217 g/mol. The highest BCUT2D eigenvalue weighted by molar-refractivity contribution is 5.88. The predicted octanol–water partition coefficient (Wildman–Crippen LogP) is 2.81. The van der Waals surface area contributed by atoms with Gasteiger partial charge in [-0.15, -0.1) is 0 Å². The molecule has 0 aliphatic heterocycles. The summed E-state index contributed by atoms with van der Waals surface area (Å²) in [6, 6.07) is 7.92. The van der Waals surface area contributed by atoms with Crippen LogP contribution in [0.2, 0.25) is 0 Å². The average Bonchev–Trinajstić information content (AvgIpc) is 2.36. The fourth-order valence-corrected chi connectivity index (χ4v) is 1.81. The topological polar surface area (TPSA) is 31.4 Å². The molecule has 0 saturated carbocycles. The van der Waals surface area contributed by atoms with Crippen LogP contribution < -0.4 is 9.47 Å². The number of fused-ring (bicyclic) bond motifs is 1. The van der Waals surface area contributed by atoms with Gasteiger partial charge in [-0.05, 0) is 18.1 Å². The summed E-state index contributed by atoms with van der Waals surface area (Å²) in [6.07, 6.45) is 0.945. The highest BCUT2D eigenvalue weighted by Crippen LogP contribution is 2.30. The lowest BCUT2D eigenvalue weighted by Gasteiger charge is -2.10. The van der Waals surface area contributed by atoms with Crippen LogP contribution in [0.4, 0.5) is 0 Å². The van der Waals surface area contributed by atoms with E-state index in [9.17, 15) is 0 Å². The maximum Gasteiger partial charge on any atom is 0.217 e. The van der Waals surface area contributed by atoms with Gasteiger partial charge < -0.3 is 9.47 Å². The molecule has 0 radical (unpaired) electrons. The van der Waals surface area contributed by atoms with E-state index in [0.29, 0.717) is 5.88 Å². The van der Waals surface area contributed by atoms with Gasteiger partial charge in [-0.25, -0.2) is 4.98 Å². The zero-order chi connectivity index (χ0) is 11.5. The van der Waals surface area contributed by atoms with Crippen LogP contribution in [-0.4, -0.2) is 19.2 Å². The van der Waals surface area contributed by atoms with E-state index in [2.05, 4.69) is 18.0 Å². The van der Waals surface area contributed by atoms with Crippen LogP contribution in [0.3, 0.4) is 0 Å². The molecule has 0 amide bonds. The van der Waals surface area contributed by atoms with Crippen molar-refractivity contribution in [2.45, 2.75) is 13.3 Å². The Hall–Kier alpha value is -1.77. The third-order valence-corrected chi connectivity index (χ3v) is 2.67. The highest BCUT2D eigenvalue weighted by Gasteiger charge is 2.08. The summed E-state index contributed by atoms with van der Waals surface area (Å²) in [5, 5.41) is 1.03. The number of rotatable bonds is 3. The zero-order valence-corrected chi connectivity index (χ0v) is 9.78. The molecule has 84 valence electrons. The number of pyridine rings is 1.